The predicted molar refractivity (Wildman–Crippen MR) is 202 cm³/mol. The van der Waals surface area contributed by atoms with Crippen molar-refractivity contribution in [1.29, 1.82) is 0 Å². The summed E-state index contributed by atoms with van der Waals surface area (Å²) in [5.41, 5.74) is 13.2. The number of hydrogen-bond acceptors (Lipinski definition) is 11. The Kier molecular flexibility index (Phi) is 10.0. The number of fused-ring (bicyclic) bond motifs is 2. The number of ether oxygens (including phenoxy) is 1. The van der Waals surface area contributed by atoms with Crippen LogP contribution in [0.5, 0.6) is 5.75 Å². The van der Waals surface area contributed by atoms with Crippen molar-refractivity contribution in [1.82, 2.24) is 29.8 Å². The third-order valence-corrected chi connectivity index (χ3v) is 9.80. The summed E-state index contributed by atoms with van der Waals surface area (Å²) in [6.07, 6.45) is 8.80. The number of piperazine rings is 1. The molecule has 6 rings (SSSR count). The maximum atomic E-state index is 6.24. The SMILES string of the molecule is CCN1CCN(c2cc(OC)c(Nc3nc(Nc4ccc5nccnc5c4P(C)C)c4cc[nH]c4n3)cc2C(C=NC(C)C)=CN)CC1. The molecule has 13 heteroatoms. The number of rotatable bonds is 11. The molecule has 250 valence electrons. The summed E-state index contributed by atoms with van der Waals surface area (Å²) in [5, 5.41) is 9.08. The van der Waals surface area contributed by atoms with Gasteiger partial charge >= 0.3 is 0 Å². The Morgan fingerprint density at radius 3 is 2.56 bits per heavy atom. The van der Waals surface area contributed by atoms with Crippen molar-refractivity contribution in [3.8, 4) is 5.75 Å². The molecule has 12 nitrogen and oxygen atoms in total. The second-order valence-corrected chi connectivity index (χ2v) is 14.4. The van der Waals surface area contributed by atoms with Crippen LogP contribution in [0, 0.1) is 0 Å². The molecule has 1 aliphatic rings. The molecule has 0 saturated carbocycles. The van der Waals surface area contributed by atoms with Crippen molar-refractivity contribution in [3.63, 3.8) is 0 Å². The normalized spacial score (nSPS) is 14.6. The van der Waals surface area contributed by atoms with Crippen molar-refractivity contribution >= 4 is 75.9 Å². The lowest BCUT2D eigenvalue weighted by Gasteiger charge is -2.37. The fraction of sp³-hybridized carbons (Fsp3) is 0.343. The number of H-pyrrole nitrogens is 1. The number of nitrogens with one attached hydrogen (secondary N) is 3. The first kappa shape index (κ1) is 33.1. The minimum atomic E-state index is -0.511. The maximum Gasteiger partial charge on any atom is 0.231 e. The van der Waals surface area contributed by atoms with E-state index in [9.17, 15) is 0 Å². The Bertz CT molecular complexity index is 1960. The summed E-state index contributed by atoms with van der Waals surface area (Å²) in [5.74, 6) is 1.75. The van der Waals surface area contributed by atoms with E-state index < -0.39 is 7.92 Å². The van der Waals surface area contributed by atoms with Crippen LogP contribution < -0.4 is 31.3 Å². The smallest absolute Gasteiger partial charge is 0.231 e. The summed E-state index contributed by atoms with van der Waals surface area (Å²) < 4.78 is 5.97. The fourth-order valence-electron chi connectivity index (χ4n) is 5.98. The first-order valence-corrected chi connectivity index (χ1v) is 18.5. The lowest BCUT2D eigenvalue weighted by Crippen LogP contribution is -2.46. The number of nitrogens with two attached hydrogens (primary N) is 1. The molecule has 5 aromatic rings. The van der Waals surface area contributed by atoms with Gasteiger partial charge in [-0.2, -0.15) is 9.97 Å². The Morgan fingerprint density at radius 1 is 1.06 bits per heavy atom. The lowest BCUT2D eigenvalue weighted by molar-refractivity contribution is 0.271. The van der Waals surface area contributed by atoms with Crippen molar-refractivity contribution < 1.29 is 4.74 Å². The van der Waals surface area contributed by atoms with Crippen LogP contribution in [0.3, 0.4) is 0 Å². The van der Waals surface area contributed by atoms with Crippen LogP contribution in [0.2, 0.25) is 0 Å². The molecule has 0 amide bonds. The van der Waals surface area contributed by atoms with E-state index in [2.05, 4.69) is 78.8 Å². The van der Waals surface area contributed by atoms with Crippen LogP contribution >= 0.6 is 7.92 Å². The Hall–Kier alpha value is -4.80. The number of anilines is 5. The summed E-state index contributed by atoms with van der Waals surface area (Å²) in [4.78, 5) is 31.8. The summed E-state index contributed by atoms with van der Waals surface area (Å²) in [6.45, 7) is 15.6. The van der Waals surface area contributed by atoms with Gasteiger partial charge in [-0.3, -0.25) is 15.0 Å². The Morgan fingerprint density at radius 2 is 1.85 bits per heavy atom. The molecule has 5 N–H and O–H groups in total. The van der Waals surface area contributed by atoms with Gasteiger partial charge in [0.05, 0.1) is 29.2 Å². The minimum Gasteiger partial charge on any atom is -0.494 e. The van der Waals surface area contributed by atoms with Crippen LogP contribution in [0.25, 0.3) is 27.6 Å². The van der Waals surface area contributed by atoms with Gasteiger partial charge in [0.15, 0.2) is 0 Å². The van der Waals surface area contributed by atoms with Gasteiger partial charge < -0.3 is 35.9 Å². The molecule has 4 heterocycles. The molecular formula is C35H44N11OP. The number of likely N-dealkylation sites (N-methyl/N-ethyl adjacent to an activating group) is 1. The summed E-state index contributed by atoms with van der Waals surface area (Å²) in [7, 11) is 1.17. The second-order valence-electron chi connectivity index (χ2n) is 12.2. The van der Waals surface area contributed by atoms with E-state index >= 15 is 0 Å². The van der Waals surface area contributed by atoms with Gasteiger partial charge in [0.2, 0.25) is 5.95 Å². The number of aromatic nitrogens is 5. The summed E-state index contributed by atoms with van der Waals surface area (Å²) >= 11 is 0. The minimum absolute atomic E-state index is 0.131. The third kappa shape index (κ3) is 6.90. The van der Waals surface area contributed by atoms with E-state index in [1.54, 1.807) is 25.7 Å². The van der Waals surface area contributed by atoms with E-state index in [4.69, 9.17) is 20.4 Å². The second kappa shape index (κ2) is 14.5. The van der Waals surface area contributed by atoms with E-state index in [-0.39, 0.29) is 6.04 Å². The number of methoxy groups -OCH3 is 1. The molecule has 1 saturated heterocycles. The van der Waals surface area contributed by atoms with Crippen LogP contribution in [0.1, 0.15) is 26.3 Å². The predicted octanol–water partition coefficient (Wildman–Crippen LogP) is 5.68. The van der Waals surface area contributed by atoms with E-state index in [0.29, 0.717) is 28.9 Å². The molecule has 2 aromatic carbocycles. The molecular weight excluding hydrogens is 621 g/mol. The number of aromatic amines is 1. The first-order valence-electron chi connectivity index (χ1n) is 16.2. The number of aliphatic imine (C=N–C) groups is 1. The molecule has 48 heavy (non-hydrogen) atoms. The topological polar surface area (TPSA) is 146 Å². The van der Waals surface area contributed by atoms with Gasteiger partial charge in [-0.25, -0.2) is 0 Å². The zero-order valence-corrected chi connectivity index (χ0v) is 29.3. The van der Waals surface area contributed by atoms with Crippen molar-refractivity contribution in [2.45, 2.75) is 26.8 Å². The van der Waals surface area contributed by atoms with E-state index in [1.165, 1.54) is 0 Å². The first-order chi connectivity index (χ1) is 23.3. The molecule has 3 aromatic heterocycles. The van der Waals surface area contributed by atoms with Gasteiger partial charge in [-0.15, -0.1) is 0 Å². The van der Waals surface area contributed by atoms with Gasteiger partial charge in [0, 0.05) is 97.1 Å². The monoisotopic (exact) mass is 665 g/mol. The van der Waals surface area contributed by atoms with Crippen molar-refractivity contribution in [3.05, 3.63) is 60.7 Å². The molecule has 0 aliphatic carbocycles. The highest BCUT2D eigenvalue weighted by Gasteiger charge is 2.23. The highest BCUT2D eigenvalue weighted by Crippen LogP contribution is 2.39. The standard InChI is InChI=1S/C35H44N11OP/c1-7-45-14-16-46(17-15-45)29-19-30(47-4)28(18-25(29)23(20-36)21-40-22(2)3)42-35-43-33-24(10-11-39-33)34(44-35)41-27-9-8-26-31(32(27)48(5)6)38-13-12-37-26/h8-13,18-22H,7,14-17,36H2,1-6H3,(H3,39,41,42,43,44). The van der Waals surface area contributed by atoms with E-state index in [1.807, 2.05) is 38.4 Å². The van der Waals surface area contributed by atoms with Gasteiger partial charge in [0.1, 0.15) is 17.2 Å². The molecule has 0 atom stereocenters. The lowest BCUT2D eigenvalue weighted by atomic mass is 10.0. The maximum absolute atomic E-state index is 6.24. The van der Waals surface area contributed by atoms with Crippen LogP contribution in [-0.4, -0.2) is 95.2 Å². The zero-order valence-electron chi connectivity index (χ0n) is 28.4. The molecule has 1 aliphatic heterocycles. The highest BCUT2D eigenvalue weighted by atomic mass is 31.1. The van der Waals surface area contributed by atoms with Crippen LogP contribution in [-0.2, 0) is 0 Å². The van der Waals surface area contributed by atoms with Gasteiger partial charge in [-0.1, -0.05) is 14.8 Å². The molecule has 0 radical (unpaired) electrons. The van der Waals surface area contributed by atoms with Crippen LogP contribution in [0.15, 0.2) is 60.1 Å². The average Bonchev–Trinajstić information content (AvgIpc) is 3.57. The quantitative estimate of drug-likeness (QED) is 0.103. The van der Waals surface area contributed by atoms with E-state index in [0.717, 1.165) is 77.0 Å². The fourth-order valence-corrected chi connectivity index (χ4v) is 7.19. The zero-order chi connectivity index (χ0) is 33.8. The van der Waals surface area contributed by atoms with Gasteiger partial charge in [0.25, 0.3) is 0 Å². The Labute approximate surface area is 282 Å². The number of nitrogens with zero attached hydrogens (tertiary/aromatic N) is 7. The largest absolute Gasteiger partial charge is 0.494 e. The van der Waals surface area contributed by atoms with Crippen molar-refractivity contribution in [2.24, 2.45) is 10.7 Å². The molecule has 0 bridgehead atoms. The molecule has 0 unspecified atom stereocenters. The number of benzene rings is 2. The van der Waals surface area contributed by atoms with Gasteiger partial charge in [-0.05, 0) is 58.0 Å². The Balaban J connectivity index is 1.41. The number of allylic oxidation sites excluding steroid dienone is 1. The number of hydrogen-bond donors (Lipinski definition) is 4. The third-order valence-electron chi connectivity index (χ3n) is 8.46. The van der Waals surface area contributed by atoms with Crippen LogP contribution in [0.4, 0.5) is 28.8 Å². The summed E-state index contributed by atoms with van der Waals surface area (Å²) in [6, 6.07) is 10.3. The average molecular weight is 666 g/mol. The molecule has 0 spiro atoms. The van der Waals surface area contributed by atoms with Crippen molar-refractivity contribution in [2.75, 3.05) is 68.7 Å². The highest BCUT2D eigenvalue weighted by molar-refractivity contribution is 7.65. The molecule has 1 fully saturated rings.